The molecular formula is C11H20N4O2S. The summed E-state index contributed by atoms with van der Waals surface area (Å²) >= 11 is 0. The Morgan fingerprint density at radius 2 is 2.06 bits per heavy atom. The highest BCUT2D eigenvalue weighted by molar-refractivity contribution is 7.90. The van der Waals surface area contributed by atoms with E-state index in [2.05, 4.69) is 15.3 Å². The van der Waals surface area contributed by atoms with Gasteiger partial charge in [0.15, 0.2) is 0 Å². The van der Waals surface area contributed by atoms with Crippen molar-refractivity contribution in [2.45, 2.75) is 13.5 Å². The number of aromatic nitrogens is 2. The summed E-state index contributed by atoms with van der Waals surface area (Å²) < 4.78 is 22.3. The first-order valence-electron chi connectivity index (χ1n) is 5.70. The molecular weight excluding hydrogens is 252 g/mol. The van der Waals surface area contributed by atoms with Gasteiger partial charge in [-0.25, -0.2) is 18.4 Å². The Morgan fingerprint density at radius 3 is 2.61 bits per heavy atom. The molecule has 6 nitrogen and oxygen atoms in total. The van der Waals surface area contributed by atoms with Crippen LogP contribution < -0.4 is 10.2 Å². The molecule has 0 bridgehead atoms. The molecule has 0 aliphatic rings. The second kappa shape index (κ2) is 6.10. The Hall–Kier alpha value is -1.21. The molecule has 0 amide bonds. The fraction of sp³-hybridized carbons (Fsp3) is 0.636. The van der Waals surface area contributed by atoms with Crippen molar-refractivity contribution in [3.63, 3.8) is 0 Å². The van der Waals surface area contributed by atoms with E-state index in [0.717, 1.165) is 11.4 Å². The number of hydrogen-bond acceptors (Lipinski definition) is 6. The quantitative estimate of drug-likeness (QED) is 0.785. The summed E-state index contributed by atoms with van der Waals surface area (Å²) in [7, 11) is 0.679. The van der Waals surface area contributed by atoms with Gasteiger partial charge in [-0.15, -0.1) is 0 Å². The van der Waals surface area contributed by atoms with E-state index in [1.807, 2.05) is 20.0 Å². The molecule has 7 heteroatoms. The lowest BCUT2D eigenvalue weighted by molar-refractivity contribution is 0.600. The third-order valence-electron chi connectivity index (χ3n) is 2.39. The van der Waals surface area contributed by atoms with Crippen molar-refractivity contribution < 1.29 is 8.42 Å². The fourth-order valence-corrected chi connectivity index (χ4v) is 2.07. The SMILES string of the molecule is CNCc1cc(C)nc(N(C)CCS(C)(=O)=O)n1. The maximum Gasteiger partial charge on any atom is 0.225 e. The van der Waals surface area contributed by atoms with Crippen LogP contribution in [0.2, 0.25) is 0 Å². The first-order chi connectivity index (χ1) is 8.31. The minimum absolute atomic E-state index is 0.0994. The maximum absolute atomic E-state index is 11.1. The smallest absolute Gasteiger partial charge is 0.225 e. The second-order valence-corrected chi connectivity index (χ2v) is 6.64. The van der Waals surface area contributed by atoms with Crippen LogP contribution in [0.4, 0.5) is 5.95 Å². The highest BCUT2D eigenvalue weighted by atomic mass is 32.2. The van der Waals surface area contributed by atoms with E-state index >= 15 is 0 Å². The molecule has 0 saturated heterocycles. The zero-order valence-electron chi connectivity index (χ0n) is 11.3. The van der Waals surface area contributed by atoms with Crippen molar-refractivity contribution in [1.82, 2.24) is 15.3 Å². The predicted octanol–water partition coefficient (Wildman–Crippen LogP) is -0.0148. The van der Waals surface area contributed by atoms with Crippen molar-refractivity contribution in [1.29, 1.82) is 0 Å². The number of hydrogen-bond donors (Lipinski definition) is 1. The number of aryl methyl sites for hydroxylation is 1. The van der Waals surface area contributed by atoms with Crippen LogP contribution in [0.25, 0.3) is 0 Å². The van der Waals surface area contributed by atoms with Crippen LogP contribution in [-0.2, 0) is 16.4 Å². The molecule has 1 N–H and O–H groups in total. The summed E-state index contributed by atoms with van der Waals surface area (Å²) in [5.41, 5.74) is 1.77. The van der Waals surface area contributed by atoms with Gasteiger partial charge in [-0.05, 0) is 20.0 Å². The number of rotatable bonds is 6. The average molecular weight is 272 g/mol. The van der Waals surface area contributed by atoms with Gasteiger partial charge >= 0.3 is 0 Å². The molecule has 0 aromatic carbocycles. The van der Waals surface area contributed by atoms with Gasteiger partial charge in [-0.2, -0.15) is 0 Å². The Morgan fingerprint density at radius 1 is 1.39 bits per heavy atom. The summed E-state index contributed by atoms with van der Waals surface area (Å²) in [4.78, 5) is 10.4. The number of nitrogens with one attached hydrogen (secondary N) is 1. The molecule has 102 valence electrons. The Balaban J connectivity index is 2.81. The molecule has 0 unspecified atom stereocenters. The number of nitrogens with zero attached hydrogens (tertiary/aromatic N) is 3. The van der Waals surface area contributed by atoms with E-state index in [4.69, 9.17) is 0 Å². The van der Waals surface area contributed by atoms with E-state index in [0.29, 0.717) is 19.0 Å². The van der Waals surface area contributed by atoms with Gasteiger partial charge in [0.2, 0.25) is 5.95 Å². The van der Waals surface area contributed by atoms with E-state index in [9.17, 15) is 8.42 Å². The van der Waals surface area contributed by atoms with Gasteiger partial charge in [0.05, 0.1) is 11.4 Å². The third-order valence-corrected chi connectivity index (χ3v) is 3.32. The zero-order valence-corrected chi connectivity index (χ0v) is 12.1. The molecule has 0 atom stereocenters. The summed E-state index contributed by atoms with van der Waals surface area (Å²) in [5.74, 6) is 0.659. The summed E-state index contributed by atoms with van der Waals surface area (Å²) in [6.07, 6.45) is 1.23. The van der Waals surface area contributed by atoms with E-state index in [1.54, 1.807) is 11.9 Å². The lowest BCUT2D eigenvalue weighted by Gasteiger charge is -2.17. The summed E-state index contributed by atoms with van der Waals surface area (Å²) in [6.45, 7) is 2.95. The van der Waals surface area contributed by atoms with E-state index in [-0.39, 0.29) is 5.75 Å². The molecule has 0 radical (unpaired) electrons. The van der Waals surface area contributed by atoms with Gasteiger partial charge in [-0.3, -0.25) is 0 Å². The molecule has 0 fully saturated rings. The number of sulfone groups is 1. The zero-order chi connectivity index (χ0) is 13.8. The molecule has 0 spiro atoms. The van der Waals surface area contributed by atoms with E-state index in [1.165, 1.54) is 6.26 Å². The van der Waals surface area contributed by atoms with Crippen LogP contribution in [0.1, 0.15) is 11.4 Å². The Labute approximate surface area is 108 Å². The van der Waals surface area contributed by atoms with Gasteiger partial charge < -0.3 is 10.2 Å². The molecule has 1 aromatic rings. The van der Waals surface area contributed by atoms with Gasteiger partial charge in [0.1, 0.15) is 9.84 Å². The third kappa shape index (κ3) is 4.97. The lowest BCUT2D eigenvalue weighted by Crippen LogP contribution is -2.27. The standard InChI is InChI=1S/C11H20N4O2S/c1-9-7-10(8-12-2)14-11(13-9)15(3)5-6-18(4,16)17/h7,12H,5-6,8H2,1-4H3. The first kappa shape index (κ1) is 14.8. The summed E-state index contributed by atoms with van der Waals surface area (Å²) in [5, 5.41) is 3.03. The van der Waals surface area contributed by atoms with Crippen LogP contribution in [0, 0.1) is 6.92 Å². The minimum Gasteiger partial charge on any atom is -0.343 e. The van der Waals surface area contributed by atoms with Crippen molar-refractivity contribution in [3.05, 3.63) is 17.5 Å². The van der Waals surface area contributed by atoms with Gasteiger partial charge in [-0.1, -0.05) is 0 Å². The fourth-order valence-electron chi connectivity index (χ4n) is 1.46. The van der Waals surface area contributed by atoms with Crippen molar-refractivity contribution in [3.8, 4) is 0 Å². The van der Waals surface area contributed by atoms with Crippen LogP contribution in [0.3, 0.4) is 0 Å². The van der Waals surface area contributed by atoms with Crippen LogP contribution >= 0.6 is 0 Å². The van der Waals surface area contributed by atoms with E-state index < -0.39 is 9.84 Å². The minimum atomic E-state index is -2.97. The largest absolute Gasteiger partial charge is 0.343 e. The maximum atomic E-state index is 11.1. The van der Waals surface area contributed by atoms with Crippen LogP contribution in [0.15, 0.2) is 6.07 Å². The molecule has 1 heterocycles. The predicted molar refractivity (Wildman–Crippen MR) is 72.5 cm³/mol. The summed E-state index contributed by atoms with van der Waals surface area (Å²) in [6, 6.07) is 1.91. The monoisotopic (exact) mass is 272 g/mol. The highest BCUT2D eigenvalue weighted by Gasteiger charge is 2.10. The average Bonchev–Trinajstić information content (AvgIpc) is 2.24. The van der Waals surface area contributed by atoms with Crippen molar-refractivity contribution in [2.24, 2.45) is 0 Å². The molecule has 18 heavy (non-hydrogen) atoms. The van der Waals surface area contributed by atoms with Crippen LogP contribution in [-0.4, -0.2) is 51.0 Å². The van der Waals surface area contributed by atoms with Gasteiger partial charge in [0, 0.05) is 32.1 Å². The van der Waals surface area contributed by atoms with Crippen molar-refractivity contribution >= 4 is 15.8 Å². The topological polar surface area (TPSA) is 75.2 Å². The highest BCUT2D eigenvalue weighted by Crippen LogP contribution is 2.08. The molecule has 0 saturated carbocycles. The second-order valence-electron chi connectivity index (χ2n) is 4.38. The molecule has 0 aliphatic heterocycles. The Bertz CT molecular complexity index is 502. The molecule has 1 rings (SSSR count). The first-order valence-corrected chi connectivity index (χ1v) is 7.76. The normalized spacial score (nSPS) is 11.6. The molecule has 0 aliphatic carbocycles. The number of anilines is 1. The Kier molecular flexibility index (Phi) is 5.03. The van der Waals surface area contributed by atoms with Crippen molar-refractivity contribution in [2.75, 3.05) is 37.5 Å². The lowest BCUT2D eigenvalue weighted by atomic mass is 10.3. The van der Waals surface area contributed by atoms with Crippen LogP contribution in [0.5, 0.6) is 0 Å². The van der Waals surface area contributed by atoms with Gasteiger partial charge in [0.25, 0.3) is 0 Å². The molecule has 1 aromatic heterocycles.